The molecule has 2 unspecified atom stereocenters. The lowest BCUT2D eigenvalue weighted by atomic mass is 10.1. The van der Waals surface area contributed by atoms with E-state index in [1.165, 1.54) is 5.56 Å². The van der Waals surface area contributed by atoms with Crippen LogP contribution in [0.2, 0.25) is 0 Å². The van der Waals surface area contributed by atoms with E-state index in [2.05, 4.69) is 36.6 Å². The maximum atomic E-state index is 10.9. The Balaban J connectivity index is 1.93. The first-order valence-electron chi connectivity index (χ1n) is 7.01. The largest absolute Gasteiger partial charge is 0.489 e. The molecule has 5 nitrogen and oxygen atoms in total. The standard InChI is InChI=1S/C15H22N2O3/c1-4-16-11(3)12-5-6-14(10(2)7-12)19-9-13-8-17-15(18)20-13/h5-7,11,13,16H,4,8-9H2,1-3H3,(H,17,18). The number of carbonyl (C=O) groups excluding carboxylic acids is 1. The number of benzene rings is 1. The van der Waals surface area contributed by atoms with Gasteiger partial charge in [0.1, 0.15) is 12.4 Å². The molecule has 1 aromatic rings. The minimum Gasteiger partial charge on any atom is -0.489 e. The number of nitrogens with one attached hydrogen (secondary N) is 2. The van der Waals surface area contributed by atoms with E-state index in [0.717, 1.165) is 17.9 Å². The topological polar surface area (TPSA) is 59.6 Å². The average Bonchev–Trinajstić information content (AvgIpc) is 2.83. The fourth-order valence-electron chi connectivity index (χ4n) is 2.24. The molecule has 2 atom stereocenters. The first kappa shape index (κ1) is 14.7. The van der Waals surface area contributed by atoms with Crippen LogP contribution in [0.1, 0.15) is 31.0 Å². The van der Waals surface area contributed by atoms with Crippen molar-refractivity contribution < 1.29 is 14.3 Å². The van der Waals surface area contributed by atoms with Crippen molar-refractivity contribution >= 4 is 6.09 Å². The second-order valence-electron chi connectivity index (χ2n) is 5.02. The Morgan fingerprint density at radius 1 is 1.55 bits per heavy atom. The highest BCUT2D eigenvalue weighted by Gasteiger charge is 2.23. The molecule has 0 saturated carbocycles. The second-order valence-corrected chi connectivity index (χ2v) is 5.02. The van der Waals surface area contributed by atoms with Crippen LogP contribution in [-0.2, 0) is 4.74 Å². The first-order chi connectivity index (χ1) is 9.60. The molecule has 110 valence electrons. The summed E-state index contributed by atoms with van der Waals surface area (Å²) in [5.41, 5.74) is 2.33. The number of amides is 1. The SMILES string of the molecule is CCNC(C)c1ccc(OCC2CNC(=O)O2)c(C)c1. The third-order valence-corrected chi connectivity index (χ3v) is 3.38. The smallest absolute Gasteiger partial charge is 0.407 e. The van der Waals surface area contributed by atoms with Gasteiger partial charge in [-0.1, -0.05) is 19.1 Å². The number of aryl methyl sites for hydroxylation is 1. The van der Waals surface area contributed by atoms with Crippen LogP contribution < -0.4 is 15.4 Å². The van der Waals surface area contributed by atoms with Gasteiger partial charge in [-0.2, -0.15) is 0 Å². The average molecular weight is 278 g/mol. The van der Waals surface area contributed by atoms with Crippen LogP contribution in [0.3, 0.4) is 0 Å². The van der Waals surface area contributed by atoms with Gasteiger partial charge in [-0.3, -0.25) is 0 Å². The molecule has 1 fully saturated rings. The molecule has 0 aromatic heterocycles. The van der Waals surface area contributed by atoms with E-state index < -0.39 is 0 Å². The summed E-state index contributed by atoms with van der Waals surface area (Å²) in [5, 5.41) is 5.99. The van der Waals surface area contributed by atoms with Gasteiger partial charge in [0.25, 0.3) is 0 Å². The van der Waals surface area contributed by atoms with Crippen LogP contribution in [0.5, 0.6) is 5.75 Å². The Hall–Kier alpha value is -1.75. The Bertz CT molecular complexity index is 476. The number of ether oxygens (including phenoxy) is 2. The predicted octanol–water partition coefficient (Wildman–Crippen LogP) is 2.15. The normalized spacial score (nSPS) is 19.4. The van der Waals surface area contributed by atoms with Crippen molar-refractivity contribution in [3.63, 3.8) is 0 Å². The quantitative estimate of drug-likeness (QED) is 0.837. The summed E-state index contributed by atoms with van der Waals surface area (Å²) < 4.78 is 10.8. The Morgan fingerprint density at radius 2 is 2.35 bits per heavy atom. The first-order valence-corrected chi connectivity index (χ1v) is 7.01. The summed E-state index contributed by atoms with van der Waals surface area (Å²) in [7, 11) is 0. The third-order valence-electron chi connectivity index (χ3n) is 3.38. The van der Waals surface area contributed by atoms with Crippen LogP contribution in [-0.4, -0.2) is 31.9 Å². The maximum Gasteiger partial charge on any atom is 0.407 e. The molecule has 1 aromatic carbocycles. The van der Waals surface area contributed by atoms with Gasteiger partial charge in [0.05, 0.1) is 6.54 Å². The zero-order chi connectivity index (χ0) is 14.5. The van der Waals surface area contributed by atoms with Crippen LogP contribution >= 0.6 is 0 Å². The zero-order valence-corrected chi connectivity index (χ0v) is 12.2. The fourth-order valence-corrected chi connectivity index (χ4v) is 2.24. The summed E-state index contributed by atoms with van der Waals surface area (Å²) in [6.07, 6.45) is -0.576. The molecule has 1 aliphatic heterocycles. The van der Waals surface area contributed by atoms with Gasteiger partial charge in [0, 0.05) is 6.04 Å². The highest BCUT2D eigenvalue weighted by molar-refractivity contribution is 5.69. The zero-order valence-electron chi connectivity index (χ0n) is 12.2. The molecular weight excluding hydrogens is 256 g/mol. The van der Waals surface area contributed by atoms with Gasteiger partial charge in [0.15, 0.2) is 6.10 Å². The van der Waals surface area contributed by atoms with Gasteiger partial charge in [0.2, 0.25) is 0 Å². The molecule has 2 N–H and O–H groups in total. The number of carbonyl (C=O) groups is 1. The van der Waals surface area contributed by atoms with Crippen LogP contribution in [0.25, 0.3) is 0 Å². The van der Waals surface area contributed by atoms with Gasteiger partial charge in [-0.05, 0) is 37.6 Å². The lowest BCUT2D eigenvalue weighted by molar-refractivity contribution is 0.104. The molecule has 0 bridgehead atoms. The molecule has 5 heteroatoms. The summed E-state index contributed by atoms with van der Waals surface area (Å²) in [4.78, 5) is 10.9. The number of hydrogen-bond donors (Lipinski definition) is 2. The van der Waals surface area contributed by atoms with Crippen molar-refractivity contribution in [1.29, 1.82) is 0 Å². The summed E-state index contributed by atoms with van der Waals surface area (Å²) in [6, 6.07) is 6.49. The summed E-state index contributed by atoms with van der Waals surface area (Å²) >= 11 is 0. The fraction of sp³-hybridized carbons (Fsp3) is 0.533. The molecule has 2 rings (SSSR count). The molecule has 0 spiro atoms. The van der Waals surface area contributed by atoms with Crippen LogP contribution in [0.15, 0.2) is 18.2 Å². The van der Waals surface area contributed by atoms with Crippen molar-refractivity contribution in [2.45, 2.75) is 32.9 Å². The van der Waals surface area contributed by atoms with E-state index in [-0.39, 0.29) is 12.2 Å². The molecule has 1 heterocycles. The molecule has 1 aliphatic rings. The third kappa shape index (κ3) is 3.63. The van der Waals surface area contributed by atoms with E-state index in [4.69, 9.17) is 9.47 Å². The van der Waals surface area contributed by atoms with Gasteiger partial charge in [-0.15, -0.1) is 0 Å². The highest BCUT2D eigenvalue weighted by atomic mass is 16.6. The van der Waals surface area contributed by atoms with E-state index >= 15 is 0 Å². The lowest BCUT2D eigenvalue weighted by Crippen LogP contribution is -2.22. The molecule has 0 aliphatic carbocycles. The molecule has 20 heavy (non-hydrogen) atoms. The number of alkyl carbamates (subject to hydrolysis) is 1. The van der Waals surface area contributed by atoms with Crippen LogP contribution in [0.4, 0.5) is 4.79 Å². The van der Waals surface area contributed by atoms with Crippen molar-refractivity contribution in [3.8, 4) is 5.75 Å². The molecular formula is C15H22N2O3. The Labute approximate surface area is 119 Å². The minimum atomic E-state index is -0.370. The molecule has 0 radical (unpaired) electrons. The van der Waals surface area contributed by atoms with Crippen molar-refractivity contribution in [2.75, 3.05) is 19.7 Å². The van der Waals surface area contributed by atoms with Crippen molar-refractivity contribution in [3.05, 3.63) is 29.3 Å². The van der Waals surface area contributed by atoms with Crippen molar-refractivity contribution in [1.82, 2.24) is 10.6 Å². The molecule has 1 saturated heterocycles. The van der Waals surface area contributed by atoms with Gasteiger partial charge >= 0.3 is 6.09 Å². The van der Waals surface area contributed by atoms with E-state index in [0.29, 0.717) is 19.2 Å². The Morgan fingerprint density at radius 3 is 2.95 bits per heavy atom. The maximum absolute atomic E-state index is 10.9. The number of hydrogen-bond acceptors (Lipinski definition) is 4. The van der Waals surface area contributed by atoms with Gasteiger partial charge < -0.3 is 20.1 Å². The second kappa shape index (κ2) is 6.61. The van der Waals surface area contributed by atoms with E-state index in [1.807, 2.05) is 13.0 Å². The van der Waals surface area contributed by atoms with E-state index in [9.17, 15) is 4.79 Å². The Kier molecular flexibility index (Phi) is 4.84. The van der Waals surface area contributed by atoms with Crippen LogP contribution in [0, 0.1) is 6.92 Å². The number of cyclic esters (lactones) is 1. The van der Waals surface area contributed by atoms with Crippen molar-refractivity contribution in [2.24, 2.45) is 0 Å². The van der Waals surface area contributed by atoms with Gasteiger partial charge in [-0.25, -0.2) is 4.79 Å². The molecule has 1 amide bonds. The monoisotopic (exact) mass is 278 g/mol. The predicted molar refractivity (Wildman–Crippen MR) is 77.0 cm³/mol. The summed E-state index contributed by atoms with van der Waals surface area (Å²) in [5.74, 6) is 0.834. The van der Waals surface area contributed by atoms with E-state index in [1.54, 1.807) is 0 Å². The summed E-state index contributed by atoms with van der Waals surface area (Å²) in [6.45, 7) is 8.09. The minimum absolute atomic E-state index is 0.206. The number of rotatable bonds is 6. The highest BCUT2D eigenvalue weighted by Crippen LogP contribution is 2.23. The lowest BCUT2D eigenvalue weighted by Gasteiger charge is -2.16.